The highest BCUT2D eigenvalue weighted by atomic mass is 16.6. The van der Waals surface area contributed by atoms with Gasteiger partial charge >= 0.3 is 5.97 Å². The second-order valence-electron chi connectivity index (χ2n) is 3.59. The van der Waals surface area contributed by atoms with Gasteiger partial charge in [0.15, 0.2) is 0 Å². The lowest BCUT2D eigenvalue weighted by Crippen LogP contribution is -2.22. The van der Waals surface area contributed by atoms with E-state index < -0.39 is 5.97 Å². The normalized spacial score (nSPS) is 13.4. The number of carbonyl (C=O) groups excluding carboxylic acids is 2. The van der Waals surface area contributed by atoms with E-state index in [2.05, 4.69) is 11.6 Å². The van der Waals surface area contributed by atoms with Gasteiger partial charge in [0.2, 0.25) is 6.08 Å². The lowest BCUT2D eigenvalue weighted by Gasteiger charge is -2.14. The Kier molecular flexibility index (Phi) is 7.09. The minimum atomic E-state index is -0.436. The molecule has 0 bridgehead atoms. The molecule has 0 aromatic carbocycles. The second-order valence-corrected chi connectivity index (χ2v) is 3.59. The van der Waals surface area contributed by atoms with E-state index in [1.165, 1.54) is 6.08 Å². The number of hydrogen-bond donors (Lipinski definition) is 0. The molecule has 2 unspecified atom stereocenters. The van der Waals surface area contributed by atoms with Crippen LogP contribution in [0.4, 0.5) is 0 Å². The fraction of sp³-hybridized carbons (Fsp3) is 0.636. The van der Waals surface area contributed by atoms with Gasteiger partial charge in [-0.2, -0.15) is 0 Å². The number of isocyanates is 1. The molecule has 0 N–H and O–H groups in total. The monoisotopic (exact) mass is 227 g/mol. The van der Waals surface area contributed by atoms with E-state index in [9.17, 15) is 9.59 Å². The van der Waals surface area contributed by atoms with Gasteiger partial charge in [-0.15, -0.1) is 0 Å². The minimum Gasteiger partial charge on any atom is -0.460 e. The summed E-state index contributed by atoms with van der Waals surface area (Å²) in [6.07, 6.45) is 1.21. The van der Waals surface area contributed by atoms with E-state index in [4.69, 9.17) is 9.47 Å². The second kappa shape index (κ2) is 7.79. The van der Waals surface area contributed by atoms with Crippen molar-refractivity contribution in [2.24, 2.45) is 4.99 Å². The molecule has 0 fully saturated rings. The molecule has 2 atom stereocenters. The molecule has 0 heterocycles. The van der Waals surface area contributed by atoms with Crippen molar-refractivity contribution in [1.82, 2.24) is 0 Å². The van der Waals surface area contributed by atoms with Crippen molar-refractivity contribution in [1.29, 1.82) is 0 Å². The van der Waals surface area contributed by atoms with Crippen LogP contribution in [0.15, 0.2) is 17.1 Å². The van der Waals surface area contributed by atoms with Crippen LogP contribution in [0.3, 0.4) is 0 Å². The Labute approximate surface area is 95.1 Å². The molecule has 5 nitrogen and oxygen atoms in total. The maximum absolute atomic E-state index is 11.0. The van der Waals surface area contributed by atoms with E-state index in [0.717, 1.165) is 0 Å². The highest BCUT2D eigenvalue weighted by Crippen LogP contribution is 1.99. The maximum Gasteiger partial charge on any atom is 0.333 e. The number of ether oxygens (including phenoxy) is 2. The van der Waals surface area contributed by atoms with Crippen LogP contribution >= 0.6 is 0 Å². The molecule has 0 aliphatic carbocycles. The van der Waals surface area contributed by atoms with E-state index >= 15 is 0 Å². The summed E-state index contributed by atoms with van der Waals surface area (Å²) in [5, 5.41) is 0. The van der Waals surface area contributed by atoms with Crippen LogP contribution in [0.1, 0.15) is 20.8 Å². The predicted molar refractivity (Wildman–Crippen MR) is 58.8 cm³/mol. The smallest absolute Gasteiger partial charge is 0.333 e. The molecule has 0 saturated carbocycles. The van der Waals surface area contributed by atoms with Crippen molar-refractivity contribution in [3.8, 4) is 0 Å². The Morgan fingerprint density at radius 2 is 2.06 bits per heavy atom. The average Bonchev–Trinajstić information content (AvgIpc) is 2.23. The van der Waals surface area contributed by atoms with Gasteiger partial charge in [-0.05, 0) is 20.8 Å². The summed E-state index contributed by atoms with van der Waals surface area (Å²) in [5.74, 6) is -0.436. The number of nitrogens with zero attached hydrogens (tertiary/aromatic N) is 1. The zero-order valence-corrected chi connectivity index (χ0v) is 9.86. The Hall–Kier alpha value is -1.45. The SMILES string of the molecule is C=C(C)C(=O)OCC(C)OCC(C)N=C=O. The first-order chi connectivity index (χ1) is 7.47. The lowest BCUT2D eigenvalue weighted by molar-refractivity contribution is -0.142. The average molecular weight is 227 g/mol. The van der Waals surface area contributed by atoms with Crippen LogP contribution in [0.5, 0.6) is 0 Å². The molecule has 0 saturated heterocycles. The summed E-state index contributed by atoms with van der Waals surface area (Å²) in [7, 11) is 0. The first kappa shape index (κ1) is 14.6. The number of hydrogen-bond acceptors (Lipinski definition) is 5. The Morgan fingerprint density at radius 1 is 1.44 bits per heavy atom. The van der Waals surface area contributed by atoms with Crippen molar-refractivity contribution in [3.63, 3.8) is 0 Å². The molecule has 0 aliphatic heterocycles. The van der Waals surface area contributed by atoms with Crippen LogP contribution in [0.2, 0.25) is 0 Å². The highest BCUT2D eigenvalue weighted by molar-refractivity contribution is 5.86. The molecule has 0 aromatic heterocycles. The van der Waals surface area contributed by atoms with Crippen LogP contribution < -0.4 is 0 Å². The van der Waals surface area contributed by atoms with Crippen molar-refractivity contribution in [2.45, 2.75) is 32.9 Å². The van der Waals surface area contributed by atoms with Gasteiger partial charge < -0.3 is 9.47 Å². The quantitative estimate of drug-likeness (QED) is 0.284. The van der Waals surface area contributed by atoms with Crippen molar-refractivity contribution >= 4 is 12.0 Å². The molecular formula is C11H17NO4. The molecule has 0 amide bonds. The molecule has 0 rings (SSSR count). The van der Waals surface area contributed by atoms with E-state index in [-0.39, 0.29) is 18.8 Å². The lowest BCUT2D eigenvalue weighted by atomic mass is 10.3. The van der Waals surface area contributed by atoms with Gasteiger partial charge in [0.1, 0.15) is 6.61 Å². The zero-order chi connectivity index (χ0) is 12.6. The van der Waals surface area contributed by atoms with Crippen molar-refractivity contribution < 1.29 is 19.1 Å². The van der Waals surface area contributed by atoms with Gasteiger partial charge in [0, 0.05) is 5.57 Å². The van der Waals surface area contributed by atoms with E-state index in [1.807, 2.05) is 0 Å². The summed E-state index contributed by atoms with van der Waals surface area (Å²) in [5.41, 5.74) is 0.353. The largest absolute Gasteiger partial charge is 0.460 e. The van der Waals surface area contributed by atoms with Crippen LogP contribution in [0, 0.1) is 0 Å². The third-order valence-corrected chi connectivity index (χ3v) is 1.69. The third-order valence-electron chi connectivity index (χ3n) is 1.69. The zero-order valence-electron chi connectivity index (χ0n) is 9.86. The van der Waals surface area contributed by atoms with Gasteiger partial charge in [-0.1, -0.05) is 6.58 Å². The summed E-state index contributed by atoms with van der Waals surface area (Å²) >= 11 is 0. The minimum absolute atomic E-state index is 0.156. The highest BCUT2D eigenvalue weighted by Gasteiger charge is 2.09. The molecule has 5 heteroatoms. The van der Waals surface area contributed by atoms with Gasteiger partial charge in [0.25, 0.3) is 0 Å². The van der Waals surface area contributed by atoms with E-state index in [0.29, 0.717) is 12.2 Å². The third kappa shape index (κ3) is 6.92. The number of rotatable bonds is 7. The van der Waals surface area contributed by atoms with Crippen molar-refractivity contribution in [2.75, 3.05) is 13.2 Å². The fourth-order valence-corrected chi connectivity index (χ4v) is 0.795. The summed E-state index contributed by atoms with van der Waals surface area (Å²) in [6.45, 7) is 8.99. The Bertz CT molecular complexity index is 294. The fourth-order valence-electron chi connectivity index (χ4n) is 0.795. The topological polar surface area (TPSA) is 65.0 Å². The first-order valence-electron chi connectivity index (χ1n) is 4.98. The van der Waals surface area contributed by atoms with Gasteiger partial charge in [-0.25, -0.2) is 14.6 Å². The molecular weight excluding hydrogens is 210 g/mol. The molecule has 90 valence electrons. The van der Waals surface area contributed by atoms with E-state index in [1.54, 1.807) is 20.8 Å². The van der Waals surface area contributed by atoms with Crippen LogP contribution in [0.25, 0.3) is 0 Å². The maximum atomic E-state index is 11.0. The van der Waals surface area contributed by atoms with Gasteiger partial charge in [0.05, 0.1) is 18.8 Å². The number of aliphatic imine (C=N–C) groups is 1. The molecule has 0 radical (unpaired) electrons. The summed E-state index contributed by atoms with van der Waals surface area (Å²) in [4.78, 5) is 24.4. The van der Waals surface area contributed by atoms with Crippen molar-refractivity contribution in [3.05, 3.63) is 12.2 Å². The summed E-state index contributed by atoms with van der Waals surface area (Å²) in [6, 6.07) is -0.239. The standard InChI is InChI=1S/C11H17NO4/c1-8(2)11(14)16-6-10(4)15-5-9(3)12-7-13/h9-10H,1,5-6H2,2-4H3. The van der Waals surface area contributed by atoms with Crippen LogP contribution in [-0.2, 0) is 19.1 Å². The predicted octanol–water partition coefficient (Wildman–Crippen LogP) is 1.24. The molecule has 16 heavy (non-hydrogen) atoms. The van der Waals surface area contributed by atoms with Gasteiger partial charge in [-0.3, -0.25) is 0 Å². The molecule has 0 aromatic rings. The Morgan fingerprint density at radius 3 is 2.56 bits per heavy atom. The molecule has 0 aliphatic rings. The number of carbonyl (C=O) groups is 1. The Balaban J connectivity index is 3.74. The number of esters is 1. The molecule has 0 spiro atoms. The first-order valence-corrected chi connectivity index (χ1v) is 4.98. The summed E-state index contributed by atoms with van der Waals surface area (Å²) < 4.78 is 10.2. The van der Waals surface area contributed by atoms with Crippen LogP contribution in [-0.4, -0.2) is 37.4 Å².